The molecule has 0 fully saturated rings. The van der Waals surface area contributed by atoms with Gasteiger partial charge in [0.15, 0.2) is 0 Å². The van der Waals surface area contributed by atoms with Crippen LogP contribution in [0.4, 0.5) is 0 Å². The fourth-order valence-corrected chi connectivity index (χ4v) is 1.77. The molecule has 0 aliphatic rings. The molecule has 5 heteroatoms. The topological polar surface area (TPSA) is 64.3 Å². The van der Waals surface area contributed by atoms with Crippen LogP contribution in [0.2, 0.25) is 0 Å². The summed E-state index contributed by atoms with van der Waals surface area (Å²) < 4.78 is 5.44. The third kappa shape index (κ3) is 5.51. The van der Waals surface area contributed by atoms with E-state index in [2.05, 4.69) is 5.43 Å². The Morgan fingerprint density at radius 2 is 2.40 bits per heavy atom. The monoisotopic (exact) mass is 228 g/mol. The van der Waals surface area contributed by atoms with E-state index in [9.17, 15) is 4.79 Å². The molecule has 0 radical (unpaired) electrons. The summed E-state index contributed by atoms with van der Waals surface area (Å²) >= 11 is 1.69. The lowest BCUT2D eigenvalue weighted by atomic mass is 10.2. The first-order chi connectivity index (χ1) is 7.33. The van der Waals surface area contributed by atoms with E-state index in [1.54, 1.807) is 11.3 Å². The molecule has 0 spiro atoms. The summed E-state index contributed by atoms with van der Waals surface area (Å²) in [6.07, 6.45) is 2.17. The van der Waals surface area contributed by atoms with Crippen molar-refractivity contribution in [3.8, 4) is 0 Å². The second kappa shape index (κ2) is 7.39. The van der Waals surface area contributed by atoms with Gasteiger partial charge in [0.1, 0.15) is 0 Å². The number of carbonyl (C=O) groups excluding carboxylic acids is 1. The van der Waals surface area contributed by atoms with Gasteiger partial charge in [-0.2, -0.15) is 0 Å². The molecule has 0 aromatic carbocycles. The van der Waals surface area contributed by atoms with Gasteiger partial charge in [0.25, 0.3) is 0 Å². The van der Waals surface area contributed by atoms with Crippen molar-refractivity contribution >= 4 is 17.2 Å². The standard InChI is InChI=1S/C10H16N2O2S/c11-12-10(13)5-1-2-6-14-8-9-4-3-7-15-9/h3-4,7H,1-2,5-6,8,11H2,(H,12,13). The van der Waals surface area contributed by atoms with Crippen molar-refractivity contribution in [2.75, 3.05) is 6.61 Å². The number of hydrogen-bond donors (Lipinski definition) is 2. The second-order valence-electron chi connectivity index (χ2n) is 3.16. The number of hydrogen-bond acceptors (Lipinski definition) is 4. The van der Waals surface area contributed by atoms with Crippen LogP contribution in [-0.4, -0.2) is 12.5 Å². The van der Waals surface area contributed by atoms with Crippen molar-refractivity contribution in [1.29, 1.82) is 0 Å². The maximum absolute atomic E-state index is 10.8. The van der Waals surface area contributed by atoms with Crippen LogP contribution in [0.5, 0.6) is 0 Å². The van der Waals surface area contributed by atoms with Crippen molar-refractivity contribution in [3.63, 3.8) is 0 Å². The molecule has 0 atom stereocenters. The van der Waals surface area contributed by atoms with Crippen molar-refractivity contribution in [2.24, 2.45) is 5.84 Å². The summed E-state index contributed by atoms with van der Waals surface area (Å²) in [7, 11) is 0. The SMILES string of the molecule is NNC(=O)CCCCOCc1cccs1. The van der Waals surface area contributed by atoms with Crippen molar-refractivity contribution < 1.29 is 9.53 Å². The zero-order chi connectivity index (χ0) is 10.9. The molecule has 3 N–H and O–H groups in total. The number of carbonyl (C=O) groups is 1. The molecule has 1 amide bonds. The van der Waals surface area contributed by atoms with Crippen molar-refractivity contribution in [2.45, 2.75) is 25.9 Å². The minimum atomic E-state index is -0.117. The van der Waals surface area contributed by atoms with Crippen LogP contribution in [0.15, 0.2) is 17.5 Å². The molecule has 0 aliphatic heterocycles. The van der Waals surface area contributed by atoms with Gasteiger partial charge in [-0.05, 0) is 24.3 Å². The van der Waals surface area contributed by atoms with Gasteiger partial charge in [-0.25, -0.2) is 5.84 Å². The molecule has 0 saturated carbocycles. The Morgan fingerprint density at radius 3 is 3.07 bits per heavy atom. The predicted molar refractivity (Wildman–Crippen MR) is 60.2 cm³/mol. The highest BCUT2D eigenvalue weighted by Gasteiger charge is 1.98. The lowest BCUT2D eigenvalue weighted by molar-refractivity contribution is -0.121. The van der Waals surface area contributed by atoms with Gasteiger partial charge in [-0.1, -0.05) is 6.07 Å². The molecular weight excluding hydrogens is 212 g/mol. The third-order valence-corrected chi connectivity index (χ3v) is 2.78. The lowest BCUT2D eigenvalue weighted by Gasteiger charge is -2.02. The van der Waals surface area contributed by atoms with Crippen LogP contribution >= 0.6 is 11.3 Å². The average molecular weight is 228 g/mol. The fraction of sp³-hybridized carbons (Fsp3) is 0.500. The van der Waals surface area contributed by atoms with E-state index in [1.807, 2.05) is 17.5 Å². The number of nitrogens with one attached hydrogen (secondary N) is 1. The van der Waals surface area contributed by atoms with Gasteiger partial charge in [0.05, 0.1) is 6.61 Å². The number of rotatable bonds is 7. The van der Waals surface area contributed by atoms with Gasteiger partial charge in [0.2, 0.25) is 5.91 Å². The Bertz CT molecular complexity index is 275. The van der Waals surface area contributed by atoms with Gasteiger partial charge in [-0.15, -0.1) is 11.3 Å². The van der Waals surface area contributed by atoms with E-state index in [4.69, 9.17) is 10.6 Å². The highest BCUT2D eigenvalue weighted by molar-refractivity contribution is 7.09. The number of hydrazine groups is 1. The zero-order valence-electron chi connectivity index (χ0n) is 8.57. The predicted octanol–water partition coefficient (Wildman–Crippen LogP) is 1.42. The Hall–Kier alpha value is -0.910. The molecule has 84 valence electrons. The molecule has 1 rings (SSSR count). The van der Waals surface area contributed by atoms with Gasteiger partial charge in [0, 0.05) is 17.9 Å². The summed E-state index contributed by atoms with van der Waals surface area (Å²) in [5.41, 5.74) is 2.10. The number of amides is 1. The fourth-order valence-electron chi connectivity index (χ4n) is 1.13. The quantitative estimate of drug-likeness (QED) is 0.321. The Labute approximate surface area is 93.4 Å². The van der Waals surface area contributed by atoms with E-state index in [0.29, 0.717) is 19.6 Å². The van der Waals surface area contributed by atoms with E-state index in [-0.39, 0.29) is 5.91 Å². The molecule has 1 aromatic rings. The van der Waals surface area contributed by atoms with E-state index in [1.165, 1.54) is 4.88 Å². The number of ether oxygens (including phenoxy) is 1. The zero-order valence-corrected chi connectivity index (χ0v) is 9.39. The highest BCUT2D eigenvalue weighted by atomic mass is 32.1. The van der Waals surface area contributed by atoms with Crippen LogP contribution in [0, 0.1) is 0 Å². The molecule has 1 aromatic heterocycles. The van der Waals surface area contributed by atoms with Crippen molar-refractivity contribution in [1.82, 2.24) is 5.43 Å². The van der Waals surface area contributed by atoms with E-state index >= 15 is 0 Å². The molecule has 0 aliphatic carbocycles. The van der Waals surface area contributed by atoms with Crippen LogP contribution in [0.1, 0.15) is 24.1 Å². The number of nitrogens with two attached hydrogens (primary N) is 1. The largest absolute Gasteiger partial charge is 0.376 e. The van der Waals surface area contributed by atoms with E-state index in [0.717, 1.165) is 12.8 Å². The van der Waals surface area contributed by atoms with Crippen molar-refractivity contribution in [3.05, 3.63) is 22.4 Å². The Balaban J connectivity index is 1.91. The van der Waals surface area contributed by atoms with Crippen LogP contribution in [0.25, 0.3) is 0 Å². The first kappa shape index (κ1) is 12.2. The molecule has 0 saturated heterocycles. The summed E-state index contributed by atoms with van der Waals surface area (Å²) in [6, 6.07) is 4.06. The smallest absolute Gasteiger partial charge is 0.233 e. The van der Waals surface area contributed by atoms with Gasteiger partial charge in [-0.3, -0.25) is 10.2 Å². The minimum absolute atomic E-state index is 0.117. The van der Waals surface area contributed by atoms with Gasteiger partial charge >= 0.3 is 0 Å². The lowest BCUT2D eigenvalue weighted by Crippen LogP contribution is -2.29. The summed E-state index contributed by atoms with van der Waals surface area (Å²) in [6.45, 7) is 1.36. The molecule has 0 bridgehead atoms. The van der Waals surface area contributed by atoms with Crippen LogP contribution < -0.4 is 11.3 Å². The third-order valence-electron chi connectivity index (χ3n) is 1.93. The normalized spacial score (nSPS) is 10.2. The average Bonchev–Trinajstić information content (AvgIpc) is 2.75. The molecule has 1 heterocycles. The number of unbranched alkanes of at least 4 members (excludes halogenated alkanes) is 1. The maximum Gasteiger partial charge on any atom is 0.233 e. The first-order valence-corrected chi connectivity index (χ1v) is 5.80. The highest BCUT2D eigenvalue weighted by Crippen LogP contribution is 2.09. The summed E-state index contributed by atoms with van der Waals surface area (Å²) in [5.74, 6) is 4.83. The summed E-state index contributed by atoms with van der Waals surface area (Å²) in [4.78, 5) is 12.0. The maximum atomic E-state index is 10.8. The van der Waals surface area contributed by atoms with E-state index < -0.39 is 0 Å². The first-order valence-electron chi connectivity index (χ1n) is 4.92. The molecule has 15 heavy (non-hydrogen) atoms. The molecule has 4 nitrogen and oxygen atoms in total. The summed E-state index contributed by atoms with van der Waals surface area (Å²) in [5, 5.41) is 2.03. The molecular formula is C10H16N2O2S. The van der Waals surface area contributed by atoms with Crippen LogP contribution in [0.3, 0.4) is 0 Å². The van der Waals surface area contributed by atoms with Gasteiger partial charge < -0.3 is 4.74 Å². The molecule has 0 unspecified atom stereocenters. The van der Waals surface area contributed by atoms with Crippen LogP contribution in [-0.2, 0) is 16.1 Å². The number of thiophene rings is 1. The minimum Gasteiger partial charge on any atom is -0.376 e. The Morgan fingerprint density at radius 1 is 1.53 bits per heavy atom. The second-order valence-corrected chi connectivity index (χ2v) is 4.19. The Kier molecular flexibility index (Phi) is 5.99.